The number of carbonyl (C=O) groups excluding carboxylic acids is 3. The highest BCUT2D eigenvalue weighted by molar-refractivity contribution is 6.51. The summed E-state index contributed by atoms with van der Waals surface area (Å²) in [6.45, 7) is 8.20. The van der Waals surface area contributed by atoms with Crippen LogP contribution in [0.15, 0.2) is 72.3 Å². The number of Topliss-reactive ketones (excluding diaryl/α,β-unsaturated/α-hetero) is 1. The molecule has 0 aliphatic carbocycles. The van der Waals surface area contributed by atoms with Crippen molar-refractivity contribution in [3.63, 3.8) is 0 Å². The summed E-state index contributed by atoms with van der Waals surface area (Å²) < 4.78 is 10.8. The quantitative estimate of drug-likeness (QED) is 0.166. The average Bonchev–Trinajstić information content (AvgIpc) is 3.19. The molecule has 8 heteroatoms. The molecule has 0 radical (unpaired) electrons. The molecule has 2 N–H and O–H groups in total. The molecule has 3 aromatic carbocycles. The Morgan fingerprint density at radius 3 is 2.36 bits per heavy atom. The first-order valence-corrected chi connectivity index (χ1v) is 12.8. The predicted octanol–water partition coefficient (Wildman–Crippen LogP) is 5.72. The second-order valence-electron chi connectivity index (χ2n) is 9.38. The van der Waals surface area contributed by atoms with Gasteiger partial charge in [-0.3, -0.25) is 14.5 Å². The third-order valence-electron chi connectivity index (χ3n) is 6.47. The van der Waals surface area contributed by atoms with Crippen LogP contribution in [-0.4, -0.2) is 41.1 Å². The van der Waals surface area contributed by atoms with Crippen LogP contribution in [0.3, 0.4) is 0 Å². The molecule has 1 saturated heterocycles. The Hall–Kier alpha value is -4.59. The van der Waals surface area contributed by atoms with Crippen LogP contribution in [0.4, 0.5) is 5.69 Å². The molecule has 3 aromatic rings. The Labute approximate surface area is 227 Å². The maximum atomic E-state index is 13.5. The molecule has 1 aliphatic rings. The molecule has 39 heavy (non-hydrogen) atoms. The van der Waals surface area contributed by atoms with E-state index in [9.17, 15) is 24.6 Å². The fraction of sp³-hybridized carbons (Fsp3) is 0.258. The highest BCUT2D eigenvalue weighted by Crippen LogP contribution is 2.43. The van der Waals surface area contributed by atoms with Gasteiger partial charge in [-0.2, -0.15) is 0 Å². The van der Waals surface area contributed by atoms with E-state index in [0.29, 0.717) is 23.5 Å². The zero-order valence-corrected chi connectivity index (χ0v) is 22.3. The van der Waals surface area contributed by atoms with Crippen LogP contribution in [0, 0.1) is 0 Å². The first-order valence-electron chi connectivity index (χ1n) is 12.8. The summed E-state index contributed by atoms with van der Waals surface area (Å²) in [5.74, 6) is -2.01. The van der Waals surface area contributed by atoms with Gasteiger partial charge in [-0.15, -0.1) is 0 Å². The van der Waals surface area contributed by atoms with Gasteiger partial charge in [0.2, 0.25) is 0 Å². The normalized spacial score (nSPS) is 16.5. The van der Waals surface area contributed by atoms with Crippen LogP contribution >= 0.6 is 0 Å². The van der Waals surface area contributed by atoms with Crippen molar-refractivity contribution in [2.75, 3.05) is 18.1 Å². The Bertz CT molecular complexity index is 1460. The minimum absolute atomic E-state index is 0.0641. The maximum absolute atomic E-state index is 13.5. The molecule has 1 fully saturated rings. The van der Waals surface area contributed by atoms with E-state index in [1.165, 1.54) is 23.1 Å². The summed E-state index contributed by atoms with van der Waals surface area (Å²) >= 11 is 0. The number of hydrogen-bond donors (Lipinski definition) is 2. The molecular formula is C31H31NO7. The third-order valence-corrected chi connectivity index (χ3v) is 6.47. The lowest BCUT2D eigenvalue weighted by atomic mass is 9.93. The van der Waals surface area contributed by atoms with Crippen molar-refractivity contribution in [3.05, 3.63) is 94.6 Å². The van der Waals surface area contributed by atoms with Gasteiger partial charge < -0.3 is 19.7 Å². The van der Waals surface area contributed by atoms with Gasteiger partial charge in [-0.25, -0.2) is 4.79 Å². The standard InChI is InChI=1S/C31H31NO7/c1-5-38-25-14-13-20(17-24(25)18(3)4)28(34)26-27(19-9-8-12-23(33)16-19)32(30(36)29(26)35)22-11-7-10-21(15-22)31(37)39-6-2/h7-18,27,33-34H,5-6H2,1-4H3/b28-26-. The van der Waals surface area contributed by atoms with E-state index in [2.05, 4.69) is 0 Å². The summed E-state index contributed by atoms with van der Waals surface area (Å²) in [5.41, 5.74) is 1.94. The molecule has 1 aliphatic heterocycles. The minimum atomic E-state index is -1.07. The lowest BCUT2D eigenvalue weighted by Crippen LogP contribution is -2.29. The number of carbonyl (C=O) groups is 3. The van der Waals surface area contributed by atoms with E-state index in [1.54, 1.807) is 55.5 Å². The van der Waals surface area contributed by atoms with Crippen molar-refractivity contribution in [1.29, 1.82) is 0 Å². The van der Waals surface area contributed by atoms with Crippen molar-refractivity contribution in [1.82, 2.24) is 0 Å². The van der Waals surface area contributed by atoms with Crippen molar-refractivity contribution >= 4 is 29.1 Å². The second-order valence-corrected chi connectivity index (χ2v) is 9.38. The number of amides is 1. The highest BCUT2D eigenvalue weighted by atomic mass is 16.5. The molecule has 0 bridgehead atoms. The monoisotopic (exact) mass is 529 g/mol. The fourth-order valence-corrected chi connectivity index (χ4v) is 4.70. The van der Waals surface area contributed by atoms with Gasteiger partial charge in [0, 0.05) is 11.3 Å². The number of nitrogens with zero attached hydrogens (tertiary/aromatic N) is 1. The fourth-order valence-electron chi connectivity index (χ4n) is 4.70. The molecule has 1 unspecified atom stereocenters. The van der Waals surface area contributed by atoms with E-state index in [1.807, 2.05) is 20.8 Å². The van der Waals surface area contributed by atoms with E-state index in [-0.39, 0.29) is 40.9 Å². The SMILES string of the molecule is CCOC(=O)c1cccc(N2C(=O)C(=O)/C(=C(\O)c3ccc(OCC)c(C(C)C)c3)C2c2cccc(O)c2)c1. The first kappa shape index (κ1) is 27.4. The Balaban J connectivity index is 1.92. The van der Waals surface area contributed by atoms with Gasteiger partial charge in [0.15, 0.2) is 0 Å². The van der Waals surface area contributed by atoms with Gasteiger partial charge in [0.25, 0.3) is 11.7 Å². The summed E-state index contributed by atoms with van der Waals surface area (Å²) in [6, 6.07) is 16.4. The van der Waals surface area contributed by atoms with Crippen LogP contribution in [0.5, 0.6) is 11.5 Å². The number of ether oxygens (including phenoxy) is 2. The van der Waals surface area contributed by atoms with Gasteiger partial charge in [-0.1, -0.05) is 32.0 Å². The zero-order valence-electron chi connectivity index (χ0n) is 22.3. The number of phenolic OH excluding ortho intramolecular Hbond substituents is 1. The van der Waals surface area contributed by atoms with Gasteiger partial charge in [0.05, 0.1) is 30.4 Å². The van der Waals surface area contributed by atoms with Crippen LogP contribution in [0.1, 0.15) is 66.7 Å². The molecule has 1 heterocycles. The third kappa shape index (κ3) is 5.36. The molecule has 4 rings (SSSR count). The molecule has 0 aromatic heterocycles. The van der Waals surface area contributed by atoms with Crippen molar-refractivity contribution < 1.29 is 34.1 Å². The Morgan fingerprint density at radius 1 is 0.949 bits per heavy atom. The van der Waals surface area contributed by atoms with E-state index >= 15 is 0 Å². The predicted molar refractivity (Wildman–Crippen MR) is 147 cm³/mol. The molecule has 8 nitrogen and oxygen atoms in total. The number of phenols is 1. The smallest absolute Gasteiger partial charge is 0.338 e. The van der Waals surface area contributed by atoms with Crippen molar-refractivity contribution in [3.8, 4) is 11.5 Å². The Kier molecular flexibility index (Phi) is 8.04. The average molecular weight is 530 g/mol. The van der Waals surface area contributed by atoms with Crippen molar-refractivity contribution in [2.24, 2.45) is 0 Å². The van der Waals surface area contributed by atoms with Crippen LogP contribution in [0.2, 0.25) is 0 Å². The zero-order chi connectivity index (χ0) is 28.3. The van der Waals surface area contributed by atoms with Gasteiger partial charge >= 0.3 is 5.97 Å². The highest BCUT2D eigenvalue weighted by Gasteiger charge is 2.47. The van der Waals surface area contributed by atoms with Crippen LogP contribution in [-0.2, 0) is 14.3 Å². The number of rotatable bonds is 8. The number of ketones is 1. The maximum Gasteiger partial charge on any atom is 0.338 e. The van der Waals surface area contributed by atoms with Gasteiger partial charge in [-0.05, 0) is 79.4 Å². The molecular weight excluding hydrogens is 498 g/mol. The lowest BCUT2D eigenvalue weighted by Gasteiger charge is -2.26. The van der Waals surface area contributed by atoms with Crippen molar-refractivity contribution in [2.45, 2.75) is 39.7 Å². The number of hydrogen-bond acceptors (Lipinski definition) is 7. The lowest BCUT2D eigenvalue weighted by molar-refractivity contribution is -0.132. The van der Waals surface area contributed by atoms with E-state index in [0.717, 1.165) is 5.56 Å². The topological polar surface area (TPSA) is 113 Å². The first-order chi connectivity index (χ1) is 18.7. The molecule has 0 spiro atoms. The summed E-state index contributed by atoms with van der Waals surface area (Å²) in [5, 5.41) is 21.7. The van der Waals surface area contributed by atoms with E-state index in [4.69, 9.17) is 9.47 Å². The molecule has 202 valence electrons. The summed E-state index contributed by atoms with van der Waals surface area (Å²) in [7, 11) is 0. The number of anilines is 1. The number of aliphatic hydroxyl groups excluding tert-OH is 1. The van der Waals surface area contributed by atoms with E-state index < -0.39 is 23.7 Å². The Morgan fingerprint density at radius 2 is 1.69 bits per heavy atom. The number of aromatic hydroxyl groups is 1. The van der Waals surface area contributed by atoms with Crippen LogP contribution in [0.25, 0.3) is 5.76 Å². The number of benzene rings is 3. The number of esters is 1. The summed E-state index contributed by atoms with van der Waals surface area (Å²) in [4.78, 5) is 40.6. The van der Waals surface area contributed by atoms with Gasteiger partial charge in [0.1, 0.15) is 17.3 Å². The molecule has 0 saturated carbocycles. The molecule has 1 amide bonds. The summed E-state index contributed by atoms with van der Waals surface area (Å²) in [6.07, 6.45) is 0. The largest absolute Gasteiger partial charge is 0.508 e. The second kappa shape index (κ2) is 11.4. The van der Waals surface area contributed by atoms with Crippen LogP contribution < -0.4 is 9.64 Å². The minimum Gasteiger partial charge on any atom is -0.508 e. The molecule has 1 atom stereocenters. The number of aliphatic hydroxyl groups is 1.